The van der Waals surface area contributed by atoms with Gasteiger partial charge in [-0.3, -0.25) is 4.79 Å². The fraction of sp³-hybridized carbons (Fsp3) is 0.387. The molecular formula is C31H39ClFNO5. The van der Waals surface area contributed by atoms with Crippen LogP contribution in [0.4, 0.5) is 10.1 Å². The second-order valence-corrected chi connectivity index (χ2v) is 9.53. The average molecular weight is 560 g/mol. The molecule has 0 atom stereocenters. The maximum absolute atomic E-state index is 14.5. The molecule has 0 fully saturated rings. The summed E-state index contributed by atoms with van der Waals surface area (Å²) in [5.74, 6) is 0.254. The highest BCUT2D eigenvalue weighted by atomic mass is 35.5. The Labute approximate surface area is 236 Å². The molecule has 0 heterocycles. The van der Waals surface area contributed by atoms with E-state index < -0.39 is 11.8 Å². The van der Waals surface area contributed by atoms with Crippen molar-refractivity contribution in [2.75, 3.05) is 25.1 Å². The number of benzene rings is 3. The first kappa shape index (κ1) is 31.9. The number of aliphatic carboxylic acids is 1. The molecule has 0 aliphatic rings. The van der Waals surface area contributed by atoms with Gasteiger partial charge in [0.2, 0.25) is 0 Å². The van der Waals surface area contributed by atoms with E-state index in [1.807, 2.05) is 45.0 Å². The van der Waals surface area contributed by atoms with Gasteiger partial charge in [0.15, 0.2) is 0 Å². The number of nitrogens with one attached hydrogen (secondary N) is 1. The van der Waals surface area contributed by atoms with Gasteiger partial charge in [-0.15, -0.1) is 12.4 Å². The SMILES string of the molecule is CCOCCOc1cc(C)c(-c2cc(CNc3ccc(CCC(=O)O)c(F)c3)ccc2OC(C)C)c(C)c1.Cl. The molecule has 0 spiro atoms. The first-order valence-corrected chi connectivity index (χ1v) is 13.0. The summed E-state index contributed by atoms with van der Waals surface area (Å²) in [4.78, 5) is 10.8. The minimum Gasteiger partial charge on any atom is -0.491 e. The minimum absolute atomic E-state index is 0. The number of halogens is 2. The normalized spacial score (nSPS) is 10.7. The van der Waals surface area contributed by atoms with Gasteiger partial charge in [0.1, 0.15) is 23.9 Å². The molecule has 3 aromatic rings. The molecule has 2 N–H and O–H groups in total. The van der Waals surface area contributed by atoms with E-state index in [-0.39, 0.29) is 31.4 Å². The highest BCUT2D eigenvalue weighted by Gasteiger charge is 2.16. The van der Waals surface area contributed by atoms with Crippen molar-refractivity contribution in [1.29, 1.82) is 0 Å². The number of anilines is 1. The maximum Gasteiger partial charge on any atom is 0.303 e. The molecule has 8 heteroatoms. The predicted molar refractivity (Wildman–Crippen MR) is 156 cm³/mol. The number of rotatable bonds is 14. The monoisotopic (exact) mass is 559 g/mol. The zero-order chi connectivity index (χ0) is 27.7. The molecule has 0 aromatic heterocycles. The third-order valence-electron chi connectivity index (χ3n) is 6.04. The summed E-state index contributed by atoms with van der Waals surface area (Å²) < 4.78 is 31.9. The molecule has 3 aromatic carbocycles. The Balaban J connectivity index is 0.00000533. The van der Waals surface area contributed by atoms with Gasteiger partial charge >= 0.3 is 5.97 Å². The van der Waals surface area contributed by atoms with Gasteiger partial charge in [-0.2, -0.15) is 0 Å². The largest absolute Gasteiger partial charge is 0.491 e. The third kappa shape index (κ3) is 9.44. The van der Waals surface area contributed by atoms with Crippen LogP contribution < -0.4 is 14.8 Å². The van der Waals surface area contributed by atoms with E-state index in [1.165, 1.54) is 6.07 Å². The smallest absolute Gasteiger partial charge is 0.303 e. The van der Waals surface area contributed by atoms with Gasteiger partial charge in [-0.1, -0.05) is 12.1 Å². The lowest BCUT2D eigenvalue weighted by molar-refractivity contribution is -0.136. The van der Waals surface area contributed by atoms with Crippen LogP contribution in [0.3, 0.4) is 0 Å². The molecule has 0 aliphatic heterocycles. The molecule has 6 nitrogen and oxygen atoms in total. The summed E-state index contributed by atoms with van der Waals surface area (Å²) in [7, 11) is 0. The lowest BCUT2D eigenvalue weighted by Crippen LogP contribution is -2.09. The van der Waals surface area contributed by atoms with Crippen LogP contribution in [0.1, 0.15) is 49.4 Å². The number of carboxylic acids is 1. The van der Waals surface area contributed by atoms with Gasteiger partial charge in [-0.05, 0) is 105 Å². The topological polar surface area (TPSA) is 77.0 Å². The van der Waals surface area contributed by atoms with Gasteiger partial charge in [-0.25, -0.2) is 4.39 Å². The Kier molecular flexibility index (Phi) is 12.6. The van der Waals surface area contributed by atoms with E-state index in [4.69, 9.17) is 19.3 Å². The maximum atomic E-state index is 14.5. The van der Waals surface area contributed by atoms with E-state index in [0.717, 1.165) is 39.3 Å². The molecule has 0 bridgehead atoms. The van der Waals surface area contributed by atoms with Crippen molar-refractivity contribution in [3.63, 3.8) is 0 Å². The lowest BCUT2D eigenvalue weighted by atomic mass is 9.93. The Morgan fingerprint density at radius 2 is 1.74 bits per heavy atom. The van der Waals surface area contributed by atoms with Crippen molar-refractivity contribution in [3.8, 4) is 22.6 Å². The summed E-state index contributed by atoms with van der Waals surface area (Å²) in [6.45, 7) is 12.3. The van der Waals surface area contributed by atoms with Gasteiger partial charge in [0.05, 0.1) is 12.7 Å². The molecule has 0 saturated heterocycles. The quantitative estimate of drug-likeness (QED) is 0.201. The van der Waals surface area contributed by atoms with Crippen LogP contribution in [0.15, 0.2) is 48.5 Å². The van der Waals surface area contributed by atoms with E-state index >= 15 is 0 Å². The number of ether oxygens (including phenoxy) is 3. The van der Waals surface area contributed by atoms with Crippen LogP contribution in [0, 0.1) is 19.7 Å². The molecule has 39 heavy (non-hydrogen) atoms. The standard InChI is InChI=1S/C31H38FNO5.ClH/c1-6-36-13-14-37-26-15-21(4)31(22(5)16-26)27-17-23(7-11-29(27)38-20(2)3)19-33-25-10-8-24(28(32)18-25)9-12-30(34)35;/h7-8,10-11,15-18,20,33H,6,9,12-14,19H2,1-5H3,(H,34,35);1H. The van der Waals surface area contributed by atoms with E-state index in [2.05, 4.69) is 25.2 Å². The molecular weight excluding hydrogens is 521 g/mol. The van der Waals surface area contributed by atoms with Crippen molar-refractivity contribution in [2.45, 2.75) is 60.1 Å². The molecule has 0 unspecified atom stereocenters. The second kappa shape index (κ2) is 15.3. The Morgan fingerprint density at radius 1 is 1.03 bits per heavy atom. The highest BCUT2D eigenvalue weighted by molar-refractivity contribution is 5.85. The van der Waals surface area contributed by atoms with Crippen LogP contribution in [0.25, 0.3) is 11.1 Å². The van der Waals surface area contributed by atoms with Crippen LogP contribution in [-0.4, -0.2) is 37.0 Å². The van der Waals surface area contributed by atoms with Gasteiger partial charge in [0.25, 0.3) is 0 Å². The van der Waals surface area contributed by atoms with Crippen molar-refractivity contribution in [3.05, 3.63) is 76.6 Å². The summed E-state index contributed by atoms with van der Waals surface area (Å²) in [5, 5.41) is 12.1. The van der Waals surface area contributed by atoms with Crippen molar-refractivity contribution < 1.29 is 28.5 Å². The van der Waals surface area contributed by atoms with Crippen LogP contribution in [-0.2, 0) is 22.5 Å². The van der Waals surface area contributed by atoms with Crippen LogP contribution in [0.2, 0.25) is 0 Å². The summed E-state index contributed by atoms with van der Waals surface area (Å²) in [6.07, 6.45) is 0.0790. The Bertz CT molecular complexity index is 1220. The number of carboxylic acid groups (broad SMARTS) is 1. The van der Waals surface area contributed by atoms with Crippen LogP contribution >= 0.6 is 12.4 Å². The fourth-order valence-corrected chi connectivity index (χ4v) is 4.34. The van der Waals surface area contributed by atoms with E-state index in [1.54, 1.807) is 12.1 Å². The van der Waals surface area contributed by atoms with Crippen molar-refractivity contribution >= 4 is 24.1 Å². The zero-order valence-corrected chi connectivity index (χ0v) is 24.1. The first-order chi connectivity index (χ1) is 18.2. The van der Waals surface area contributed by atoms with Gasteiger partial charge < -0.3 is 24.6 Å². The average Bonchev–Trinajstić information content (AvgIpc) is 2.85. The molecule has 0 saturated carbocycles. The predicted octanol–water partition coefficient (Wildman–Crippen LogP) is 7.36. The van der Waals surface area contributed by atoms with E-state index in [0.29, 0.717) is 37.6 Å². The number of hydrogen-bond acceptors (Lipinski definition) is 5. The van der Waals surface area contributed by atoms with Gasteiger partial charge in [0, 0.05) is 30.8 Å². The fourth-order valence-electron chi connectivity index (χ4n) is 4.34. The van der Waals surface area contributed by atoms with Crippen molar-refractivity contribution in [1.82, 2.24) is 0 Å². The van der Waals surface area contributed by atoms with Crippen LogP contribution in [0.5, 0.6) is 11.5 Å². The number of hydrogen-bond donors (Lipinski definition) is 2. The summed E-state index contributed by atoms with van der Waals surface area (Å²) in [6, 6.07) is 15.0. The van der Waals surface area contributed by atoms with Crippen molar-refractivity contribution in [2.24, 2.45) is 0 Å². The zero-order valence-electron chi connectivity index (χ0n) is 23.3. The highest BCUT2D eigenvalue weighted by Crippen LogP contribution is 2.38. The lowest BCUT2D eigenvalue weighted by Gasteiger charge is -2.20. The first-order valence-electron chi connectivity index (χ1n) is 13.0. The third-order valence-corrected chi connectivity index (χ3v) is 6.04. The molecule has 0 aliphatic carbocycles. The number of aryl methyl sites for hydroxylation is 3. The van der Waals surface area contributed by atoms with E-state index in [9.17, 15) is 9.18 Å². The molecule has 0 amide bonds. The second-order valence-electron chi connectivity index (χ2n) is 9.53. The Morgan fingerprint density at radius 3 is 2.36 bits per heavy atom. The molecule has 212 valence electrons. The minimum atomic E-state index is -0.943. The summed E-state index contributed by atoms with van der Waals surface area (Å²) >= 11 is 0. The molecule has 3 rings (SSSR count). The number of carbonyl (C=O) groups is 1. The molecule has 0 radical (unpaired) electrons. The Hall–Kier alpha value is -3.29. The summed E-state index contributed by atoms with van der Waals surface area (Å²) in [5.41, 5.74) is 6.28.